The van der Waals surface area contributed by atoms with Crippen LogP contribution in [0.15, 0.2) is 12.3 Å². The van der Waals surface area contributed by atoms with Crippen molar-refractivity contribution in [2.24, 2.45) is 5.73 Å². The Morgan fingerprint density at radius 1 is 1.32 bits per heavy atom. The van der Waals surface area contributed by atoms with E-state index in [0.717, 1.165) is 36.5 Å². The molecule has 2 aromatic rings. The Bertz CT molecular complexity index is 776. The first kappa shape index (κ1) is 21.7. The van der Waals surface area contributed by atoms with E-state index in [-0.39, 0.29) is 0 Å². The van der Waals surface area contributed by atoms with Gasteiger partial charge >= 0.3 is 6.09 Å². The predicted octanol–water partition coefficient (Wildman–Crippen LogP) is 1.94. The highest BCUT2D eigenvalue weighted by molar-refractivity contribution is 5.67. The van der Waals surface area contributed by atoms with Crippen molar-refractivity contribution < 1.29 is 9.53 Å². The van der Waals surface area contributed by atoms with Gasteiger partial charge in [0, 0.05) is 37.8 Å². The summed E-state index contributed by atoms with van der Waals surface area (Å²) in [6, 6.07) is 1.92. The van der Waals surface area contributed by atoms with Gasteiger partial charge < -0.3 is 26.4 Å². The number of amides is 1. The lowest BCUT2D eigenvalue weighted by atomic mass is 10.2. The van der Waals surface area contributed by atoms with Gasteiger partial charge in [-0.3, -0.25) is 0 Å². The molecule has 0 aliphatic carbocycles. The summed E-state index contributed by atoms with van der Waals surface area (Å²) in [4.78, 5) is 17.8. The Kier molecular flexibility index (Phi) is 7.45. The van der Waals surface area contributed by atoms with Crippen LogP contribution in [0.5, 0.6) is 0 Å². The van der Waals surface area contributed by atoms with Crippen molar-refractivity contribution in [3.63, 3.8) is 0 Å². The fourth-order valence-electron chi connectivity index (χ4n) is 2.86. The molecule has 0 bridgehead atoms. The van der Waals surface area contributed by atoms with Crippen molar-refractivity contribution in [3.8, 4) is 0 Å². The number of nitrogens with zero attached hydrogens (tertiary/aromatic N) is 4. The number of anilines is 2. The first-order chi connectivity index (χ1) is 13.2. The van der Waals surface area contributed by atoms with Crippen LogP contribution < -0.4 is 21.7 Å². The molecule has 1 aliphatic rings. The highest BCUT2D eigenvalue weighted by Gasteiger charge is 2.17. The third-order valence-electron chi connectivity index (χ3n) is 4.18. The van der Waals surface area contributed by atoms with E-state index < -0.39 is 11.7 Å². The molecule has 2 aromatic heterocycles. The van der Waals surface area contributed by atoms with Crippen molar-refractivity contribution in [1.29, 1.82) is 0 Å². The number of nitrogen functional groups attached to an aromatic ring is 1. The van der Waals surface area contributed by atoms with Crippen LogP contribution in [-0.4, -0.2) is 52.5 Å². The summed E-state index contributed by atoms with van der Waals surface area (Å²) >= 11 is 0. The zero-order chi connectivity index (χ0) is 20.7. The second-order valence-electron chi connectivity index (χ2n) is 7.71. The Balaban J connectivity index is 0.000000224. The zero-order valence-electron chi connectivity index (χ0n) is 17.4. The highest BCUT2D eigenvalue weighted by Crippen LogP contribution is 2.23. The monoisotopic (exact) mass is 391 g/mol. The molecule has 9 heteroatoms. The lowest BCUT2D eigenvalue weighted by Gasteiger charge is -2.19. The van der Waals surface area contributed by atoms with Gasteiger partial charge in [0.15, 0.2) is 5.65 Å². The quantitative estimate of drug-likeness (QED) is 0.727. The van der Waals surface area contributed by atoms with Crippen LogP contribution in [0.1, 0.15) is 46.1 Å². The molecule has 0 aromatic carbocycles. The number of nitrogens with two attached hydrogens (primary N) is 2. The number of carbonyl (C=O) groups excluding carboxylic acids is 1. The van der Waals surface area contributed by atoms with Gasteiger partial charge in [-0.2, -0.15) is 9.61 Å². The minimum Gasteiger partial charge on any atom is -0.444 e. The maximum Gasteiger partial charge on any atom is 0.407 e. The van der Waals surface area contributed by atoms with E-state index in [1.807, 2.05) is 33.0 Å². The second kappa shape index (κ2) is 9.59. The summed E-state index contributed by atoms with van der Waals surface area (Å²) in [6.07, 6.45) is 4.86. The number of aromatic nitrogens is 3. The number of ether oxygens (including phenoxy) is 1. The SMILES string of the molecule is CC(C)(C)OC(=O)NCCN.CCc1cnn2c(N)cc(N3CCCC3)nc12. The average Bonchev–Trinajstić information content (AvgIpc) is 3.28. The van der Waals surface area contributed by atoms with Gasteiger partial charge in [-0.25, -0.2) is 9.78 Å². The minimum atomic E-state index is -0.432. The number of hydrogen-bond acceptors (Lipinski definition) is 7. The molecule has 5 N–H and O–H groups in total. The predicted molar refractivity (Wildman–Crippen MR) is 112 cm³/mol. The van der Waals surface area contributed by atoms with Gasteiger partial charge in [0.05, 0.1) is 6.20 Å². The molecule has 0 saturated carbocycles. The normalized spacial score (nSPS) is 14.0. The lowest BCUT2D eigenvalue weighted by molar-refractivity contribution is 0.0529. The first-order valence-corrected chi connectivity index (χ1v) is 9.80. The average molecular weight is 392 g/mol. The highest BCUT2D eigenvalue weighted by atomic mass is 16.6. The molecule has 1 aliphatic heterocycles. The third-order valence-corrected chi connectivity index (χ3v) is 4.18. The Labute approximate surface area is 166 Å². The van der Waals surface area contributed by atoms with Gasteiger partial charge in [0.25, 0.3) is 0 Å². The minimum absolute atomic E-state index is 0.414. The summed E-state index contributed by atoms with van der Waals surface area (Å²) in [6.45, 7) is 10.6. The summed E-state index contributed by atoms with van der Waals surface area (Å²) in [5.41, 5.74) is 12.8. The van der Waals surface area contributed by atoms with Crippen LogP contribution in [0.25, 0.3) is 5.65 Å². The maximum atomic E-state index is 10.8. The molecular formula is C19H33N7O2. The third kappa shape index (κ3) is 5.98. The first-order valence-electron chi connectivity index (χ1n) is 9.80. The molecule has 1 saturated heterocycles. The molecule has 0 unspecified atom stereocenters. The van der Waals surface area contributed by atoms with Gasteiger partial charge in [-0.15, -0.1) is 0 Å². The molecule has 1 amide bonds. The second-order valence-corrected chi connectivity index (χ2v) is 7.71. The van der Waals surface area contributed by atoms with Crippen LogP contribution in [0, 0.1) is 0 Å². The molecule has 0 radical (unpaired) electrons. The van der Waals surface area contributed by atoms with E-state index in [0.29, 0.717) is 18.9 Å². The number of rotatable bonds is 4. The molecule has 0 spiro atoms. The van der Waals surface area contributed by atoms with Gasteiger partial charge in [0.1, 0.15) is 17.2 Å². The van der Waals surface area contributed by atoms with Crippen molar-refractivity contribution in [1.82, 2.24) is 19.9 Å². The van der Waals surface area contributed by atoms with Crippen LogP contribution >= 0.6 is 0 Å². The Morgan fingerprint density at radius 2 is 2.00 bits per heavy atom. The van der Waals surface area contributed by atoms with Crippen molar-refractivity contribution in [2.45, 2.75) is 52.6 Å². The summed E-state index contributed by atoms with van der Waals surface area (Å²) < 4.78 is 6.65. The van der Waals surface area contributed by atoms with E-state index in [4.69, 9.17) is 21.2 Å². The van der Waals surface area contributed by atoms with E-state index >= 15 is 0 Å². The van der Waals surface area contributed by atoms with E-state index in [2.05, 4.69) is 22.2 Å². The number of hydrogen-bond donors (Lipinski definition) is 3. The van der Waals surface area contributed by atoms with E-state index in [9.17, 15) is 4.79 Å². The van der Waals surface area contributed by atoms with Crippen LogP contribution in [-0.2, 0) is 11.2 Å². The number of aryl methyl sites for hydroxylation is 1. The molecule has 3 heterocycles. The number of carbonyl (C=O) groups is 1. The largest absolute Gasteiger partial charge is 0.444 e. The van der Waals surface area contributed by atoms with Crippen molar-refractivity contribution in [3.05, 3.63) is 17.8 Å². The smallest absolute Gasteiger partial charge is 0.407 e. The maximum absolute atomic E-state index is 10.8. The topological polar surface area (TPSA) is 124 Å². The molecular weight excluding hydrogens is 358 g/mol. The van der Waals surface area contributed by atoms with Crippen molar-refractivity contribution >= 4 is 23.4 Å². The number of alkyl carbamates (subject to hydrolysis) is 1. The standard InChI is InChI=1S/C12H17N5.C7H16N2O2/c1-2-9-8-14-17-10(13)7-11(15-12(9)17)16-5-3-4-6-16;1-7(2,3)11-6(10)9-5-4-8/h7-8H,2-6,13H2,1H3;4-5,8H2,1-3H3,(H,9,10). The zero-order valence-corrected chi connectivity index (χ0v) is 17.4. The van der Waals surface area contributed by atoms with E-state index in [1.165, 1.54) is 12.8 Å². The molecule has 28 heavy (non-hydrogen) atoms. The van der Waals surface area contributed by atoms with E-state index in [1.54, 1.807) is 4.52 Å². The van der Waals surface area contributed by atoms with Crippen LogP contribution in [0.3, 0.4) is 0 Å². The van der Waals surface area contributed by atoms with Gasteiger partial charge in [0.2, 0.25) is 0 Å². The van der Waals surface area contributed by atoms with Crippen molar-refractivity contribution in [2.75, 3.05) is 36.8 Å². The fourth-order valence-corrected chi connectivity index (χ4v) is 2.86. The summed E-state index contributed by atoms with van der Waals surface area (Å²) in [7, 11) is 0. The molecule has 3 rings (SSSR count). The van der Waals surface area contributed by atoms with Gasteiger partial charge in [-0.05, 0) is 40.0 Å². The van der Waals surface area contributed by atoms with Crippen LogP contribution in [0.4, 0.5) is 16.4 Å². The number of nitrogens with one attached hydrogen (secondary N) is 1. The Hall–Kier alpha value is -2.55. The number of fused-ring (bicyclic) bond motifs is 1. The fraction of sp³-hybridized carbons (Fsp3) is 0.632. The molecule has 1 fully saturated rings. The van der Waals surface area contributed by atoms with Crippen LogP contribution in [0.2, 0.25) is 0 Å². The molecule has 156 valence electrons. The molecule has 0 atom stereocenters. The Morgan fingerprint density at radius 3 is 2.57 bits per heavy atom. The summed E-state index contributed by atoms with van der Waals surface area (Å²) in [5, 5.41) is 6.77. The molecule has 9 nitrogen and oxygen atoms in total. The summed E-state index contributed by atoms with van der Waals surface area (Å²) in [5.74, 6) is 1.65. The lowest BCUT2D eigenvalue weighted by Crippen LogP contribution is -2.35. The van der Waals surface area contributed by atoms with Gasteiger partial charge in [-0.1, -0.05) is 6.92 Å².